The number of nitrogens with one attached hydrogen (secondary N) is 2. The van der Waals surface area contributed by atoms with E-state index in [0.717, 1.165) is 16.7 Å². The number of benzene rings is 3. The predicted octanol–water partition coefficient (Wildman–Crippen LogP) is 5.49. The van der Waals surface area contributed by atoms with Gasteiger partial charge in [-0.25, -0.2) is 14.6 Å². The third kappa shape index (κ3) is 8.53. The average molecular weight is 542 g/mol. The Bertz CT molecular complexity index is 1160. The molecule has 0 spiro atoms. The molecule has 7 nitrogen and oxygen atoms in total. The van der Waals surface area contributed by atoms with Crippen molar-refractivity contribution >= 4 is 34.1 Å². The molecule has 0 radical (unpaired) electrons. The van der Waals surface area contributed by atoms with Crippen molar-refractivity contribution < 1.29 is 23.5 Å². The van der Waals surface area contributed by atoms with E-state index in [1.807, 2.05) is 30.3 Å². The van der Waals surface area contributed by atoms with Gasteiger partial charge in [0.25, 0.3) is 0 Å². The highest BCUT2D eigenvalue weighted by atomic mass is 79.9. The van der Waals surface area contributed by atoms with Gasteiger partial charge in [-0.05, 0) is 69.9 Å². The van der Waals surface area contributed by atoms with Crippen molar-refractivity contribution in [3.63, 3.8) is 0 Å². The number of ether oxygens (including phenoxy) is 2. The van der Waals surface area contributed by atoms with Crippen molar-refractivity contribution in [1.82, 2.24) is 10.7 Å². The summed E-state index contributed by atoms with van der Waals surface area (Å²) in [7, 11) is 0. The summed E-state index contributed by atoms with van der Waals surface area (Å²) in [6, 6.07) is 20.1. The first-order valence-electron chi connectivity index (χ1n) is 10.9. The molecule has 2 N–H and O–H groups in total. The summed E-state index contributed by atoms with van der Waals surface area (Å²) in [4.78, 5) is 24.3. The number of amides is 2. The highest BCUT2D eigenvalue weighted by molar-refractivity contribution is 9.10. The molecule has 0 aliphatic carbocycles. The smallest absolute Gasteiger partial charge is 0.407 e. The number of hydrazone groups is 1. The molecular weight excluding hydrogens is 517 g/mol. The number of carbonyl (C=O) groups is 2. The minimum atomic E-state index is -0.593. The first-order valence-corrected chi connectivity index (χ1v) is 11.7. The SMILES string of the molecule is CCOC(=O)N[C@H](CC(=O)N/N=C\c1ccc(OCc2ccc(F)cc2)c(Br)c1)c1ccccc1. The van der Waals surface area contributed by atoms with Crippen molar-refractivity contribution in [2.24, 2.45) is 5.10 Å². The highest BCUT2D eigenvalue weighted by Gasteiger charge is 2.18. The molecular formula is C26H25BrFN3O4. The fraction of sp³-hybridized carbons (Fsp3) is 0.192. The molecule has 0 unspecified atom stereocenters. The molecule has 0 aliphatic rings. The van der Waals surface area contributed by atoms with E-state index in [1.54, 1.807) is 37.3 Å². The summed E-state index contributed by atoms with van der Waals surface area (Å²) in [5.74, 6) is -0.0482. The Morgan fingerprint density at radius 2 is 1.83 bits per heavy atom. The first-order chi connectivity index (χ1) is 16.9. The Kier molecular flexibility index (Phi) is 9.80. The molecule has 3 rings (SSSR count). The van der Waals surface area contributed by atoms with Gasteiger partial charge >= 0.3 is 6.09 Å². The molecule has 0 heterocycles. The first kappa shape index (κ1) is 25.9. The van der Waals surface area contributed by atoms with Crippen LogP contribution in [0, 0.1) is 5.82 Å². The van der Waals surface area contributed by atoms with Gasteiger partial charge in [0.15, 0.2) is 0 Å². The van der Waals surface area contributed by atoms with Crippen LogP contribution >= 0.6 is 15.9 Å². The number of halogens is 2. The molecule has 182 valence electrons. The lowest BCUT2D eigenvalue weighted by Crippen LogP contribution is -2.33. The van der Waals surface area contributed by atoms with Crippen molar-refractivity contribution in [3.05, 3.63) is 99.8 Å². The molecule has 9 heteroatoms. The standard InChI is InChI=1S/C26H25BrFN3O4/c1-2-34-26(33)30-23(20-6-4-3-5-7-20)15-25(32)31-29-16-19-10-13-24(22(27)14-19)35-17-18-8-11-21(28)12-9-18/h3-14,16,23H,2,15,17H2,1H3,(H,30,33)(H,31,32)/b29-16-/t23-/m1/s1. The molecule has 3 aromatic carbocycles. The molecule has 0 saturated heterocycles. The fourth-order valence-corrected chi connectivity index (χ4v) is 3.63. The van der Waals surface area contributed by atoms with Gasteiger partial charge in [-0.15, -0.1) is 0 Å². The zero-order valence-electron chi connectivity index (χ0n) is 19.0. The Hall–Kier alpha value is -3.72. The van der Waals surface area contributed by atoms with Crippen LogP contribution in [0.3, 0.4) is 0 Å². The zero-order valence-corrected chi connectivity index (χ0v) is 20.6. The van der Waals surface area contributed by atoms with Crippen LogP contribution in [0.15, 0.2) is 82.4 Å². The van der Waals surface area contributed by atoms with E-state index in [0.29, 0.717) is 16.8 Å². The van der Waals surface area contributed by atoms with Crippen molar-refractivity contribution in [3.8, 4) is 5.75 Å². The van der Waals surface area contributed by atoms with Crippen LogP contribution in [0.2, 0.25) is 0 Å². The normalized spacial score (nSPS) is 11.6. The molecule has 3 aromatic rings. The van der Waals surface area contributed by atoms with E-state index in [1.165, 1.54) is 18.3 Å². The third-order valence-electron chi connectivity index (χ3n) is 4.83. The van der Waals surface area contributed by atoms with Crippen molar-refractivity contribution in [2.75, 3.05) is 6.61 Å². The molecule has 2 amide bonds. The largest absolute Gasteiger partial charge is 0.488 e. The Morgan fingerprint density at radius 3 is 2.51 bits per heavy atom. The number of rotatable bonds is 10. The van der Waals surface area contributed by atoms with E-state index in [2.05, 4.69) is 31.8 Å². The van der Waals surface area contributed by atoms with Gasteiger partial charge in [0, 0.05) is 0 Å². The number of hydrogen-bond acceptors (Lipinski definition) is 5. The van der Waals surface area contributed by atoms with Gasteiger partial charge in [-0.1, -0.05) is 42.5 Å². The molecule has 0 saturated carbocycles. The van der Waals surface area contributed by atoms with Crippen LogP contribution in [0.25, 0.3) is 0 Å². The number of alkyl carbamates (subject to hydrolysis) is 1. The van der Waals surface area contributed by atoms with Gasteiger partial charge in [-0.2, -0.15) is 5.10 Å². The molecule has 35 heavy (non-hydrogen) atoms. The van der Waals surface area contributed by atoms with Gasteiger partial charge in [0.1, 0.15) is 18.2 Å². The Balaban J connectivity index is 1.55. The topological polar surface area (TPSA) is 89.0 Å². The Labute approximate surface area is 211 Å². The molecule has 0 aliphatic heterocycles. The lowest BCUT2D eigenvalue weighted by atomic mass is 10.0. The molecule has 0 aromatic heterocycles. The monoisotopic (exact) mass is 541 g/mol. The maximum absolute atomic E-state index is 13.0. The predicted molar refractivity (Wildman–Crippen MR) is 135 cm³/mol. The second-order valence-corrected chi connectivity index (χ2v) is 8.28. The highest BCUT2D eigenvalue weighted by Crippen LogP contribution is 2.26. The summed E-state index contributed by atoms with van der Waals surface area (Å²) in [5.41, 5.74) is 4.84. The van der Waals surface area contributed by atoms with Gasteiger partial charge < -0.3 is 14.8 Å². The van der Waals surface area contributed by atoms with Crippen LogP contribution in [-0.4, -0.2) is 24.8 Å². The summed E-state index contributed by atoms with van der Waals surface area (Å²) >= 11 is 3.46. The van der Waals surface area contributed by atoms with Crippen LogP contribution in [0.5, 0.6) is 5.75 Å². The summed E-state index contributed by atoms with van der Waals surface area (Å²) in [6.07, 6.45) is 0.896. The van der Waals surface area contributed by atoms with Crippen LogP contribution in [0.1, 0.15) is 36.1 Å². The van der Waals surface area contributed by atoms with E-state index < -0.39 is 12.1 Å². The van der Waals surface area contributed by atoms with Crippen LogP contribution in [-0.2, 0) is 16.1 Å². The van der Waals surface area contributed by atoms with Gasteiger partial charge in [0.05, 0.1) is 29.8 Å². The zero-order chi connectivity index (χ0) is 25.0. The minimum absolute atomic E-state index is 0.0139. The van der Waals surface area contributed by atoms with E-state index in [9.17, 15) is 14.0 Å². The van der Waals surface area contributed by atoms with Crippen LogP contribution in [0.4, 0.5) is 9.18 Å². The number of carbonyl (C=O) groups excluding carboxylic acids is 2. The maximum Gasteiger partial charge on any atom is 0.407 e. The fourth-order valence-electron chi connectivity index (χ4n) is 3.12. The quantitative estimate of drug-likeness (QED) is 0.262. The Morgan fingerprint density at radius 1 is 1.09 bits per heavy atom. The van der Waals surface area contributed by atoms with Crippen LogP contribution < -0.4 is 15.5 Å². The number of hydrogen-bond donors (Lipinski definition) is 2. The average Bonchev–Trinajstić information content (AvgIpc) is 2.85. The summed E-state index contributed by atoms with van der Waals surface area (Å²) in [6.45, 7) is 2.24. The van der Waals surface area contributed by atoms with E-state index in [-0.39, 0.29) is 24.8 Å². The molecule has 1 atom stereocenters. The van der Waals surface area contributed by atoms with Crippen molar-refractivity contribution in [2.45, 2.75) is 26.0 Å². The van der Waals surface area contributed by atoms with Gasteiger partial charge in [-0.3, -0.25) is 4.79 Å². The van der Waals surface area contributed by atoms with Crippen molar-refractivity contribution in [1.29, 1.82) is 0 Å². The lowest BCUT2D eigenvalue weighted by molar-refractivity contribution is -0.121. The lowest BCUT2D eigenvalue weighted by Gasteiger charge is -2.18. The minimum Gasteiger partial charge on any atom is -0.488 e. The van der Waals surface area contributed by atoms with E-state index >= 15 is 0 Å². The second-order valence-electron chi connectivity index (χ2n) is 7.43. The molecule has 0 bridgehead atoms. The number of nitrogens with zero attached hydrogens (tertiary/aromatic N) is 1. The van der Waals surface area contributed by atoms with Gasteiger partial charge in [0.2, 0.25) is 5.91 Å². The van der Waals surface area contributed by atoms with E-state index in [4.69, 9.17) is 9.47 Å². The second kappa shape index (κ2) is 13.2. The summed E-state index contributed by atoms with van der Waals surface area (Å²) < 4.78 is 24.4. The maximum atomic E-state index is 13.0. The molecule has 0 fully saturated rings. The third-order valence-corrected chi connectivity index (χ3v) is 5.45. The summed E-state index contributed by atoms with van der Waals surface area (Å²) in [5, 5.41) is 6.71.